The topological polar surface area (TPSA) is 166 Å². The smallest absolute Gasteiger partial charge is 0.253 e. The van der Waals surface area contributed by atoms with Crippen molar-refractivity contribution < 1.29 is 29.0 Å². The average Bonchev–Trinajstić information content (AvgIpc) is 3.76. The number of rotatable bonds is 13. The van der Waals surface area contributed by atoms with Gasteiger partial charge in [0.1, 0.15) is 17.8 Å². The quantitative estimate of drug-likeness (QED) is 0.218. The summed E-state index contributed by atoms with van der Waals surface area (Å²) in [6.45, 7) is 5.21. The van der Waals surface area contributed by atoms with Crippen LogP contribution in [0.3, 0.4) is 0 Å². The highest BCUT2D eigenvalue weighted by Crippen LogP contribution is 2.23. The number of aromatic hydroxyl groups is 1. The number of ether oxygens (including phenoxy) is 1. The van der Waals surface area contributed by atoms with E-state index in [2.05, 4.69) is 20.9 Å². The van der Waals surface area contributed by atoms with Crippen LogP contribution in [0.4, 0.5) is 0 Å². The molecule has 2 aliphatic heterocycles. The number of hydrogen-bond acceptors (Lipinski definition) is 7. The largest absolute Gasteiger partial charge is 0.508 e. The Balaban J connectivity index is 1.35. The van der Waals surface area contributed by atoms with Crippen LogP contribution in [0.15, 0.2) is 48.5 Å². The molecule has 4 atom stereocenters. The van der Waals surface area contributed by atoms with Gasteiger partial charge in [-0.3, -0.25) is 19.2 Å². The molecule has 2 saturated heterocycles. The lowest BCUT2D eigenvalue weighted by Gasteiger charge is -2.26. The van der Waals surface area contributed by atoms with Gasteiger partial charge < -0.3 is 36.4 Å². The first-order valence-corrected chi connectivity index (χ1v) is 14.1. The summed E-state index contributed by atoms with van der Waals surface area (Å²) >= 11 is 0. The van der Waals surface area contributed by atoms with Gasteiger partial charge in [-0.05, 0) is 56.1 Å². The fourth-order valence-electron chi connectivity index (χ4n) is 4.92. The van der Waals surface area contributed by atoms with Crippen molar-refractivity contribution in [3.63, 3.8) is 0 Å². The van der Waals surface area contributed by atoms with E-state index in [1.165, 1.54) is 18.6 Å². The molecule has 0 radical (unpaired) electrons. The number of epoxide rings is 1. The number of phenolic OH excluding ortho intramolecular Hbond substituents is 1. The first-order valence-electron chi connectivity index (χ1n) is 14.1. The van der Waals surface area contributed by atoms with E-state index in [-0.39, 0.29) is 24.5 Å². The van der Waals surface area contributed by atoms with Crippen molar-refractivity contribution >= 4 is 23.6 Å². The van der Waals surface area contributed by atoms with Gasteiger partial charge in [0.25, 0.3) is 11.8 Å². The molecule has 4 amide bonds. The highest BCUT2D eigenvalue weighted by molar-refractivity contribution is 5.97. The normalized spacial score (nSPS) is 19.9. The molecule has 2 heterocycles. The summed E-state index contributed by atoms with van der Waals surface area (Å²) in [6, 6.07) is 11.6. The third kappa shape index (κ3) is 9.02. The highest BCUT2D eigenvalue weighted by atomic mass is 16.6. The Labute approximate surface area is 239 Å². The Morgan fingerprint density at radius 3 is 2.10 bits per heavy atom. The lowest BCUT2D eigenvalue weighted by molar-refractivity contribution is -0.131. The first-order chi connectivity index (χ1) is 19.7. The van der Waals surface area contributed by atoms with Crippen LogP contribution >= 0.6 is 0 Å². The molecule has 0 saturated carbocycles. The van der Waals surface area contributed by atoms with E-state index < -0.39 is 42.0 Å². The third-order valence-corrected chi connectivity index (χ3v) is 7.41. The molecule has 2 aromatic rings. The van der Waals surface area contributed by atoms with E-state index in [0.29, 0.717) is 12.1 Å². The average molecular weight is 566 g/mol. The molecule has 0 aliphatic carbocycles. The third-order valence-electron chi connectivity index (χ3n) is 7.41. The van der Waals surface area contributed by atoms with Gasteiger partial charge in [0.2, 0.25) is 11.8 Å². The van der Waals surface area contributed by atoms with E-state index in [0.717, 1.165) is 43.6 Å². The molecule has 0 bridgehead atoms. The van der Waals surface area contributed by atoms with Gasteiger partial charge in [0.05, 0.1) is 0 Å². The number of carbonyl (C=O) groups is 4. The van der Waals surface area contributed by atoms with E-state index in [1.807, 2.05) is 31.2 Å². The number of primary amides is 1. The summed E-state index contributed by atoms with van der Waals surface area (Å²) in [5.41, 5.74) is 8.10. The number of hydrogen-bond donors (Lipinski definition) is 5. The fraction of sp³-hybridized carbons (Fsp3) is 0.467. The van der Waals surface area contributed by atoms with Crippen LogP contribution in [0.25, 0.3) is 0 Å². The van der Waals surface area contributed by atoms with E-state index >= 15 is 0 Å². The lowest BCUT2D eigenvalue weighted by Crippen LogP contribution is -2.55. The van der Waals surface area contributed by atoms with Crippen molar-refractivity contribution in [3.05, 3.63) is 65.2 Å². The molecule has 2 unspecified atom stereocenters. The molecule has 11 heteroatoms. The zero-order valence-corrected chi connectivity index (χ0v) is 23.3. The molecular weight excluding hydrogens is 526 g/mol. The molecule has 11 nitrogen and oxygen atoms in total. The second-order valence-electron chi connectivity index (χ2n) is 10.8. The van der Waals surface area contributed by atoms with E-state index in [9.17, 15) is 24.3 Å². The Kier molecular flexibility index (Phi) is 10.3. The number of carbonyl (C=O) groups excluding carboxylic acids is 4. The summed E-state index contributed by atoms with van der Waals surface area (Å²) in [4.78, 5) is 53.4. The number of phenols is 1. The number of nitrogens with one attached hydrogen (secondary N) is 3. The molecule has 0 aromatic heterocycles. The van der Waals surface area contributed by atoms with E-state index in [4.69, 9.17) is 10.5 Å². The van der Waals surface area contributed by atoms with Crippen molar-refractivity contribution in [2.45, 2.75) is 63.3 Å². The van der Waals surface area contributed by atoms with Gasteiger partial charge in [0.15, 0.2) is 12.2 Å². The SMILES string of the molecule is Cc1ccc(C[C@H](NC(=O)C2OC2C(=O)NCCN2CCCCC2)C(=O)N[C@@H](Cc2ccc(O)cc2)C(N)=O)cc1. The van der Waals surface area contributed by atoms with Gasteiger partial charge in [-0.15, -0.1) is 0 Å². The number of likely N-dealkylation sites (tertiary alicyclic amines) is 1. The number of nitrogens with zero attached hydrogens (tertiary/aromatic N) is 1. The predicted octanol–water partition coefficient (Wildman–Crippen LogP) is 0.310. The molecule has 2 fully saturated rings. The molecular formula is C30H39N5O6. The van der Waals surface area contributed by atoms with Crippen LogP contribution in [-0.4, -0.2) is 84.1 Å². The second kappa shape index (κ2) is 14.1. The van der Waals surface area contributed by atoms with Gasteiger partial charge in [-0.1, -0.05) is 48.4 Å². The summed E-state index contributed by atoms with van der Waals surface area (Å²) in [7, 11) is 0. The first kappa shape index (κ1) is 30.0. The molecule has 220 valence electrons. The number of aryl methyl sites for hydroxylation is 1. The highest BCUT2D eigenvalue weighted by Gasteiger charge is 2.51. The predicted molar refractivity (Wildman–Crippen MR) is 152 cm³/mol. The van der Waals surface area contributed by atoms with E-state index in [1.54, 1.807) is 12.1 Å². The van der Waals surface area contributed by atoms with Gasteiger partial charge in [-0.2, -0.15) is 0 Å². The molecule has 2 aromatic carbocycles. The van der Waals surface area contributed by atoms with Crippen LogP contribution in [0.2, 0.25) is 0 Å². The Morgan fingerprint density at radius 2 is 1.46 bits per heavy atom. The number of piperidine rings is 1. The zero-order chi connectivity index (χ0) is 29.4. The Bertz CT molecular complexity index is 1210. The lowest BCUT2D eigenvalue weighted by atomic mass is 10.0. The molecule has 41 heavy (non-hydrogen) atoms. The Morgan fingerprint density at radius 1 is 0.878 bits per heavy atom. The number of nitrogens with two attached hydrogens (primary N) is 1. The van der Waals surface area contributed by atoms with Crippen molar-refractivity contribution in [1.29, 1.82) is 0 Å². The minimum Gasteiger partial charge on any atom is -0.508 e. The van der Waals surface area contributed by atoms with Gasteiger partial charge >= 0.3 is 0 Å². The number of benzene rings is 2. The maximum absolute atomic E-state index is 13.4. The Hall–Kier alpha value is -3.96. The van der Waals surface area contributed by atoms with Crippen LogP contribution in [0.5, 0.6) is 5.75 Å². The molecule has 0 spiro atoms. The summed E-state index contributed by atoms with van der Waals surface area (Å²) in [5.74, 6) is -2.19. The molecule has 2 aliphatic rings. The summed E-state index contributed by atoms with van der Waals surface area (Å²) in [5, 5.41) is 17.7. The second-order valence-corrected chi connectivity index (χ2v) is 10.8. The van der Waals surface area contributed by atoms with Crippen LogP contribution in [-0.2, 0) is 36.8 Å². The van der Waals surface area contributed by atoms with Crippen molar-refractivity contribution in [3.8, 4) is 5.75 Å². The van der Waals surface area contributed by atoms with Crippen molar-refractivity contribution in [1.82, 2.24) is 20.9 Å². The van der Waals surface area contributed by atoms with Crippen LogP contribution in [0.1, 0.15) is 36.0 Å². The van der Waals surface area contributed by atoms with Gasteiger partial charge in [0, 0.05) is 25.9 Å². The maximum Gasteiger partial charge on any atom is 0.253 e. The standard InChI is InChI=1S/C30H39N5O6/c1-19-5-7-20(8-6-19)18-24(28(38)33-23(27(31)37)17-21-9-11-22(36)12-10-21)34-30(40)26-25(41-26)29(39)32-13-16-35-14-3-2-4-15-35/h5-12,23-26,36H,2-4,13-18H2,1H3,(H2,31,37)(H,32,39)(H,33,38)(H,34,40)/t23-,24-,25?,26?/m0/s1. The minimum absolute atomic E-state index is 0.0746. The van der Waals surface area contributed by atoms with Crippen LogP contribution < -0.4 is 21.7 Å². The zero-order valence-electron chi connectivity index (χ0n) is 23.3. The minimum atomic E-state index is -1.04. The fourth-order valence-corrected chi connectivity index (χ4v) is 4.92. The van der Waals surface area contributed by atoms with Crippen molar-refractivity contribution in [2.75, 3.05) is 26.2 Å². The van der Waals surface area contributed by atoms with Crippen LogP contribution in [0, 0.1) is 6.92 Å². The number of amides is 4. The van der Waals surface area contributed by atoms with Gasteiger partial charge in [-0.25, -0.2) is 0 Å². The molecule has 6 N–H and O–H groups in total. The summed E-state index contributed by atoms with van der Waals surface area (Å²) in [6.07, 6.45) is 1.92. The maximum atomic E-state index is 13.4. The van der Waals surface area contributed by atoms with Crippen molar-refractivity contribution in [2.24, 2.45) is 5.73 Å². The molecule has 4 rings (SSSR count). The summed E-state index contributed by atoms with van der Waals surface area (Å²) < 4.78 is 5.37. The monoisotopic (exact) mass is 565 g/mol.